The standard InChI is InChI=1S/C30H38O/c1-18(2)22-12-11-19(3)27-23(13-20(4)24(27)17-22)14-21-15-25(29(5,6)7)28(31)26(16-21)30(8,9)10/h11-18H,1-10H3. The highest BCUT2D eigenvalue weighted by Gasteiger charge is 2.34. The van der Waals surface area contributed by atoms with Gasteiger partial charge in [-0.2, -0.15) is 0 Å². The lowest BCUT2D eigenvalue weighted by atomic mass is 9.72. The van der Waals surface area contributed by atoms with E-state index in [0.29, 0.717) is 5.92 Å². The zero-order chi connectivity index (χ0) is 23.3. The van der Waals surface area contributed by atoms with Crippen LogP contribution < -0.4 is 0 Å². The van der Waals surface area contributed by atoms with Crippen LogP contribution in [0, 0.1) is 24.7 Å². The van der Waals surface area contributed by atoms with E-state index in [1.54, 1.807) is 0 Å². The quantitative estimate of drug-likeness (QED) is 0.482. The molecule has 3 aliphatic carbocycles. The van der Waals surface area contributed by atoms with Crippen LogP contribution in [0.4, 0.5) is 0 Å². The van der Waals surface area contributed by atoms with E-state index in [1.165, 1.54) is 33.4 Å². The van der Waals surface area contributed by atoms with Crippen molar-refractivity contribution in [1.29, 1.82) is 0 Å². The van der Waals surface area contributed by atoms with Crippen molar-refractivity contribution in [2.75, 3.05) is 0 Å². The molecular formula is C30H38O. The van der Waals surface area contributed by atoms with Crippen molar-refractivity contribution in [3.8, 4) is 11.1 Å². The van der Waals surface area contributed by atoms with Crippen LogP contribution in [0.15, 0.2) is 53.1 Å². The van der Waals surface area contributed by atoms with E-state index in [0.717, 1.165) is 16.7 Å². The van der Waals surface area contributed by atoms with Crippen LogP contribution >= 0.6 is 0 Å². The minimum atomic E-state index is -0.195. The van der Waals surface area contributed by atoms with Crippen molar-refractivity contribution in [2.45, 2.75) is 75.2 Å². The fourth-order valence-electron chi connectivity index (χ4n) is 4.38. The van der Waals surface area contributed by atoms with Gasteiger partial charge >= 0.3 is 0 Å². The molecule has 0 aromatic heterocycles. The maximum atomic E-state index is 13.3. The summed E-state index contributed by atoms with van der Waals surface area (Å²) in [6.45, 7) is 21.6. The predicted octanol–water partition coefficient (Wildman–Crippen LogP) is 8.44. The van der Waals surface area contributed by atoms with Gasteiger partial charge in [0.25, 0.3) is 0 Å². The highest BCUT2D eigenvalue weighted by molar-refractivity contribution is 6.12. The van der Waals surface area contributed by atoms with Crippen molar-refractivity contribution in [2.24, 2.45) is 10.8 Å². The summed E-state index contributed by atoms with van der Waals surface area (Å²) in [4.78, 5) is 13.3. The third-order valence-corrected chi connectivity index (χ3v) is 6.30. The van der Waals surface area contributed by atoms with Gasteiger partial charge in [-0.15, -0.1) is 0 Å². The molecule has 0 unspecified atom stereocenters. The minimum absolute atomic E-state index is 0.185. The lowest BCUT2D eigenvalue weighted by Gasteiger charge is -2.31. The molecule has 1 nitrogen and oxygen atoms in total. The highest BCUT2D eigenvalue weighted by atomic mass is 16.1. The van der Waals surface area contributed by atoms with Crippen molar-refractivity contribution >= 4 is 11.9 Å². The number of carbonyl (C=O) groups is 1. The van der Waals surface area contributed by atoms with Crippen molar-refractivity contribution < 1.29 is 4.79 Å². The summed E-state index contributed by atoms with van der Waals surface area (Å²) in [7, 11) is 0. The highest BCUT2D eigenvalue weighted by Crippen LogP contribution is 2.41. The molecule has 0 saturated heterocycles. The van der Waals surface area contributed by atoms with Crippen LogP contribution in [-0.4, -0.2) is 5.78 Å². The number of allylic oxidation sites excluding steroid dienone is 5. The Hall–Kier alpha value is -2.41. The predicted molar refractivity (Wildman–Crippen MR) is 135 cm³/mol. The Labute approximate surface area is 189 Å². The average Bonchev–Trinajstić information content (AvgIpc) is 2.80. The largest absolute Gasteiger partial charge is 0.289 e. The van der Waals surface area contributed by atoms with Gasteiger partial charge in [-0.3, -0.25) is 4.79 Å². The van der Waals surface area contributed by atoms with Gasteiger partial charge in [-0.25, -0.2) is 0 Å². The third kappa shape index (κ3) is 4.61. The molecule has 0 spiro atoms. The molecule has 0 atom stereocenters. The second-order valence-electron chi connectivity index (χ2n) is 11.5. The van der Waals surface area contributed by atoms with Gasteiger partial charge in [0.15, 0.2) is 5.78 Å². The molecule has 3 rings (SSSR count). The van der Waals surface area contributed by atoms with Gasteiger partial charge in [0, 0.05) is 11.1 Å². The summed E-state index contributed by atoms with van der Waals surface area (Å²) in [5.74, 6) is 0.676. The summed E-state index contributed by atoms with van der Waals surface area (Å²) in [5, 5.41) is 0. The Morgan fingerprint density at radius 2 is 1.35 bits per heavy atom. The molecule has 0 bridgehead atoms. The van der Waals surface area contributed by atoms with Crippen molar-refractivity contribution in [3.63, 3.8) is 0 Å². The van der Waals surface area contributed by atoms with Crippen LogP contribution in [0.5, 0.6) is 0 Å². The zero-order valence-corrected chi connectivity index (χ0v) is 21.0. The van der Waals surface area contributed by atoms with Gasteiger partial charge in [0.2, 0.25) is 0 Å². The molecule has 0 aromatic rings. The molecule has 0 radical (unpaired) electrons. The second-order valence-corrected chi connectivity index (χ2v) is 11.5. The number of carbonyl (C=O) groups excluding carboxylic acids is 1. The van der Waals surface area contributed by atoms with E-state index in [2.05, 4.69) is 112 Å². The molecule has 0 aromatic carbocycles. The minimum Gasteiger partial charge on any atom is -0.289 e. The summed E-state index contributed by atoms with van der Waals surface area (Å²) >= 11 is 0. The van der Waals surface area contributed by atoms with Crippen LogP contribution in [0.2, 0.25) is 0 Å². The van der Waals surface area contributed by atoms with E-state index in [9.17, 15) is 4.79 Å². The average molecular weight is 415 g/mol. The van der Waals surface area contributed by atoms with Gasteiger partial charge in [-0.1, -0.05) is 79.7 Å². The van der Waals surface area contributed by atoms with E-state index in [1.807, 2.05) is 0 Å². The Bertz CT molecular complexity index is 1050. The van der Waals surface area contributed by atoms with Crippen LogP contribution in [0.25, 0.3) is 17.2 Å². The zero-order valence-electron chi connectivity index (χ0n) is 21.0. The number of hydrogen-bond acceptors (Lipinski definition) is 1. The first-order valence-corrected chi connectivity index (χ1v) is 11.4. The van der Waals surface area contributed by atoms with Gasteiger partial charge in [-0.05, 0) is 87.8 Å². The maximum Gasteiger partial charge on any atom is 0.186 e. The number of Topliss-reactive ketones (excluding diaryl/α,β-unsaturated/α-hetero) is 1. The fraction of sp³-hybridized carbons (Fsp3) is 0.433. The number of aryl methyl sites for hydroxylation is 2. The van der Waals surface area contributed by atoms with Crippen molar-refractivity contribution in [3.05, 3.63) is 75.4 Å². The van der Waals surface area contributed by atoms with E-state index < -0.39 is 0 Å². The lowest BCUT2D eigenvalue weighted by Crippen LogP contribution is -2.27. The molecule has 1 heteroatoms. The first-order chi connectivity index (χ1) is 14.2. The molecule has 3 aliphatic rings. The normalized spacial score (nSPS) is 15.5. The smallest absolute Gasteiger partial charge is 0.186 e. The Morgan fingerprint density at radius 1 is 0.806 bits per heavy atom. The number of rotatable bonds is 2. The van der Waals surface area contributed by atoms with Crippen LogP contribution in [0.1, 0.15) is 83.6 Å². The van der Waals surface area contributed by atoms with Crippen LogP contribution in [0.3, 0.4) is 0 Å². The topological polar surface area (TPSA) is 17.1 Å². The van der Waals surface area contributed by atoms with Crippen LogP contribution in [-0.2, 0) is 4.79 Å². The van der Waals surface area contributed by atoms with Gasteiger partial charge in [0.1, 0.15) is 0 Å². The monoisotopic (exact) mass is 414 g/mol. The molecule has 164 valence electrons. The molecule has 0 saturated carbocycles. The second kappa shape index (κ2) is 7.93. The first-order valence-electron chi connectivity index (χ1n) is 11.4. The molecule has 31 heavy (non-hydrogen) atoms. The lowest BCUT2D eigenvalue weighted by molar-refractivity contribution is -0.114. The van der Waals surface area contributed by atoms with Gasteiger partial charge < -0.3 is 0 Å². The maximum absolute atomic E-state index is 13.3. The third-order valence-electron chi connectivity index (χ3n) is 6.30. The van der Waals surface area contributed by atoms with E-state index in [-0.39, 0.29) is 16.6 Å². The SMILES string of the molecule is Cc1cc(C=C2C=C(C(C)(C)C)C(=O)C(C(C)(C)C)=C2)c2c(C)ccc(C(C)C)cc1-2. The summed E-state index contributed by atoms with van der Waals surface area (Å²) < 4.78 is 0. The summed E-state index contributed by atoms with van der Waals surface area (Å²) in [5.41, 5.74) is 10.3. The fourth-order valence-corrected chi connectivity index (χ4v) is 4.38. The number of hydrogen-bond donors (Lipinski definition) is 0. The summed E-state index contributed by atoms with van der Waals surface area (Å²) in [6.07, 6.45) is 6.47. The Morgan fingerprint density at radius 3 is 1.84 bits per heavy atom. The summed E-state index contributed by atoms with van der Waals surface area (Å²) in [6, 6.07) is 9.14. The van der Waals surface area contributed by atoms with E-state index >= 15 is 0 Å². The Balaban J connectivity index is 2.24. The Kier molecular flexibility index (Phi) is 5.95. The molecule has 0 aliphatic heterocycles. The molecule has 0 N–H and O–H groups in total. The molecule has 0 amide bonds. The molecular weight excluding hydrogens is 376 g/mol. The molecule has 0 fully saturated rings. The number of fused-ring (bicyclic) bond motifs is 1. The van der Waals surface area contributed by atoms with Gasteiger partial charge in [0.05, 0.1) is 0 Å². The first kappa shape index (κ1) is 23.3. The molecule has 0 heterocycles. The number of ketones is 1. The van der Waals surface area contributed by atoms with Crippen molar-refractivity contribution in [1.82, 2.24) is 0 Å². The van der Waals surface area contributed by atoms with E-state index in [4.69, 9.17) is 0 Å².